The van der Waals surface area contributed by atoms with Gasteiger partial charge in [-0.25, -0.2) is 0 Å². The van der Waals surface area contributed by atoms with E-state index < -0.39 is 0 Å². The fourth-order valence-electron chi connectivity index (χ4n) is 2.46. The van der Waals surface area contributed by atoms with E-state index in [2.05, 4.69) is 27.3 Å². The predicted octanol–water partition coefficient (Wildman–Crippen LogP) is 3.00. The Bertz CT molecular complexity index is 444. The lowest BCUT2D eigenvalue weighted by Gasteiger charge is -2.30. The molecule has 0 unspecified atom stereocenters. The summed E-state index contributed by atoms with van der Waals surface area (Å²) < 4.78 is 0.829. The molecule has 0 aliphatic heterocycles. The van der Waals surface area contributed by atoms with Crippen LogP contribution in [-0.2, 0) is 0 Å². The molecule has 3 N–H and O–H groups in total. The molecule has 4 heteroatoms. The minimum atomic E-state index is -0.0214. The van der Waals surface area contributed by atoms with Gasteiger partial charge < -0.3 is 11.1 Å². The molecule has 1 aromatic carbocycles. The minimum Gasteiger partial charge on any atom is -0.377 e. The van der Waals surface area contributed by atoms with Crippen LogP contribution in [0.15, 0.2) is 22.7 Å². The quantitative estimate of drug-likeness (QED) is 0.900. The first-order valence-electron chi connectivity index (χ1n) is 5.88. The summed E-state index contributed by atoms with van der Waals surface area (Å²) in [6, 6.07) is 7.99. The van der Waals surface area contributed by atoms with Crippen LogP contribution in [0.5, 0.6) is 0 Å². The van der Waals surface area contributed by atoms with Crippen molar-refractivity contribution in [3.05, 3.63) is 28.2 Å². The largest absolute Gasteiger partial charge is 0.377 e. The minimum absolute atomic E-state index is 0.0214. The van der Waals surface area contributed by atoms with Crippen LogP contribution in [0, 0.1) is 11.3 Å². The van der Waals surface area contributed by atoms with Gasteiger partial charge in [0.2, 0.25) is 0 Å². The number of hydrogen-bond donors (Lipinski definition) is 2. The van der Waals surface area contributed by atoms with Crippen molar-refractivity contribution in [2.75, 3.05) is 11.9 Å². The molecule has 1 aliphatic carbocycles. The second-order valence-electron chi connectivity index (χ2n) is 4.59. The second kappa shape index (κ2) is 5.07. The molecule has 0 spiro atoms. The van der Waals surface area contributed by atoms with Crippen molar-refractivity contribution in [3.63, 3.8) is 0 Å². The van der Waals surface area contributed by atoms with Gasteiger partial charge in [-0.15, -0.1) is 0 Å². The zero-order valence-corrected chi connectivity index (χ0v) is 11.3. The van der Waals surface area contributed by atoms with Crippen LogP contribution in [0.3, 0.4) is 0 Å². The van der Waals surface area contributed by atoms with Crippen molar-refractivity contribution >= 4 is 21.6 Å². The number of halogens is 1. The summed E-state index contributed by atoms with van der Waals surface area (Å²) in [5.74, 6) is 0. The van der Waals surface area contributed by atoms with Gasteiger partial charge in [0.15, 0.2) is 0 Å². The van der Waals surface area contributed by atoms with E-state index in [0.29, 0.717) is 12.1 Å². The smallest absolute Gasteiger partial charge is 0.103 e. The summed E-state index contributed by atoms with van der Waals surface area (Å²) in [6.07, 6.45) is 4.59. The lowest BCUT2D eigenvalue weighted by Crippen LogP contribution is -2.43. The maximum absolute atomic E-state index is 9.18. The fraction of sp³-hybridized carbons (Fsp3) is 0.462. The summed E-state index contributed by atoms with van der Waals surface area (Å²) >= 11 is 3.40. The molecule has 0 amide bonds. The van der Waals surface area contributed by atoms with Crippen molar-refractivity contribution in [1.29, 1.82) is 5.26 Å². The van der Waals surface area contributed by atoms with Gasteiger partial charge in [-0.1, -0.05) is 18.9 Å². The first-order chi connectivity index (χ1) is 8.21. The molecule has 0 heterocycles. The molecule has 1 saturated carbocycles. The van der Waals surface area contributed by atoms with Gasteiger partial charge in [0.05, 0.1) is 11.3 Å². The summed E-state index contributed by atoms with van der Waals surface area (Å²) in [5.41, 5.74) is 7.41. The summed E-state index contributed by atoms with van der Waals surface area (Å²) in [6.45, 7) is 0.615. The van der Waals surface area contributed by atoms with E-state index in [1.54, 1.807) is 0 Å². The topological polar surface area (TPSA) is 61.8 Å². The molecule has 3 nitrogen and oxygen atoms in total. The highest BCUT2D eigenvalue weighted by Gasteiger charge is 2.32. The Labute approximate surface area is 110 Å². The maximum Gasteiger partial charge on any atom is 0.103 e. The summed E-state index contributed by atoms with van der Waals surface area (Å²) in [4.78, 5) is 0. The average molecular weight is 294 g/mol. The number of hydrogen-bond acceptors (Lipinski definition) is 3. The molecule has 1 aromatic rings. The third-order valence-corrected chi connectivity index (χ3v) is 4.14. The predicted molar refractivity (Wildman–Crippen MR) is 72.7 cm³/mol. The van der Waals surface area contributed by atoms with Gasteiger partial charge >= 0.3 is 0 Å². The summed E-state index contributed by atoms with van der Waals surface area (Å²) in [7, 11) is 0. The normalized spacial score (nSPS) is 17.7. The Morgan fingerprint density at radius 2 is 2.12 bits per heavy atom. The average Bonchev–Trinajstić information content (AvgIpc) is 2.79. The lowest BCUT2D eigenvalue weighted by atomic mass is 9.96. The van der Waals surface area contributed by atoms with E-state index in [1.807, 2.05) is 18.2 Å². The number of anilines is 1. The number of nitrogens with two attached hydrogens (primary N) is 1. The van der Waals surface area contributed by atoms with Crippen LogP contribution < -0.4 is 11.1 Å². The number of nitriles is 1. The second-order valence-corrected chi connectivity index (χ2v) is 5.45. The molecule has 2 rings (SSSR count). The van der Waals surface area contributed by atoms with E-state index in [-0.39, 0.29) is 5.54 Å². The highest BCUT2D eigenvalue weighted by molar-refractivity contribution is 9.10. The standard InChI is InChI=1S/C13H16BrN3/c14-11-4-3-5-12(10(11)8-15)17-13(9-16)6-1-2-7-13/h3-5,17H,1-2,6-7,9,16H2. The first kappa shape index (κ1) is 12.4. The Morgan fingerprint density at radius 3 is 2.71 bits per heavy atom. The molecule has 0 bridgehead atoms. The van der Waals surface area contributed by atoms with Gasteiger partial charge in [0.25, 0.3) is 0 Å². The van der Waals surface area contributed by atoms with Crippen molar-refractivity contribution < 1.29 is 0 Å². The molecular formula is C13H16BrN3. The molecule has 1 aliphatic rings. The Kier molecular flexibility index (Phi) is 3.70. The molecule has 1 fully saturated rings. The highest BCUT2D eigenvalue weighted by Crippen LogP contribution is 2.34. The van der Waals surface area contributed by atoms with Crippen molar-refractivity contribution in [2.45, 2.75) is 31.2 Å². The number of nitrogens with one attached hydrogen (secondary N) is 1. The third kappa shape index (κ3) is 2.46. The Hall–Kier alpha value is -1.05. The van der Waals surface area contributed by atoms with Crippen LogP contribution in [0.2, 0.25) is 0 Å². The van der Waals surface area contributed by atoms with Crippen LogP contribution in [0.4, 0.5) is 5.69 Å². The lowest BCUT2D eigenvalue weighted by molar-refractivity contribution is 0.493. The Morgan fingerprint density at radius 1 is 1.41 bits per heavy atom. The molecule has 0 aromatic heterocycles. The van der Waals surface area contributed by atoms with Crippen molar-refractivity contribution in [1.82, 2.24) is 0 Å². The fourth-order valence-corrected chi connectivity index (χ4v) is 2.91. The molecule has 0 saturated heterocycles. The van der Waals surface area contributed by atoms with Crippen LogP contribution in [-0.4, -0.2) is 12.1 Å². The highest BCUT2D eigenvalue weighted by atomic mass is 79.9. The van der Waals surface area contributed by atoms with E-state index in [9.17, 15) is 5.26 Å². The van der Waals surface area contributed by atoms with Crippen LogP contribution >= 0.6 is 15.9 Å². The van der Waals surface area contributed by atoms with Gasteiger partial charge in [0, 0.05) is 16.6 Å². The van der Waals surface area contributed by atoms with Crippen LogP contribution in [0.25, 0.3) is 0 Å². The van der Waals surface area contributed by atoms with Crippen molar-refractivity contribution in [2.24, 2.45) is 5.73 Å². The molecule has 17 heavy (non-hydrogen) atoms. The summed E-state index contributed by atoms with van der Waals surface area (Å²) in [5, 5.41) is 12.7. The van der Waals surface area contributed by atoms with E-state index in [0.717, 1.165) is 23.0 Å². The molecular weight excluding hydrogens is 278 g/mol. The molecule has 0 atom stereocenters. The number of benzene rings is 1. The zero-order chi connectivity index (χ0) is 12.3. The van der Waals surface area contributed by atoms with Crippen LogP contribution in [0.1, 0.15) is 31.2 Å². The molecule has 0 radical (unpaired) electrons. The first-order valence-corrected chi connectivity index (χ1v) is 6.67. The Balaban J connectivity index is 2.30. The van der Waals surface area contributed by atoms with E-state index in [4.69, 9.17) is 5.73 Å². The zero-order valence-electron chi connectivity index (χ0n) is 9.67. The molecule has 90 valence electrons. The maximum atomic E-state index is 9.18. The number of rotatable bonds is 3. The SMILES string of the molecule is N#Cc1c(Br)cccc1NC1(CN)CCCC1. The van der Waals surface area contributed by atoms with Gasteiger partial charge in [-0.05, 0) is 40.9 Å². The van der Waals surface area contributed by atoms with E-state index >= 15 is 0 Å². The third-order valence-electron chi connectivity index (χ3n) is 3.48. The van der Waals surface area contributed by atoms with E-state index in [1.165, 1.54) is 12.8 Å². The number of nitrogens with zero attached hydrogens (tertiary/aromatic N) is 1. The monoisotopic (exact) mass is 293 g/mol. The van der Waals surface area contributed by atoms with Gasteiger partial charge in [0.1, 0.15) is 6.07 Å². The van der Waals surface area contributed by atoms with Crippen molar-refractivity contribution in [3.8, 4) is 6.07 Å². The van der Waals surface area contributed by atoms with Gasteiger partial charge in [-0.3, -0.25) is 0 Å². The van der Waals surface area contributed by atoms with Gasteiger partial charge in [-0.2, -0.15) is 5.26 Å².